The molecule has 2 atom stereocenters. The molecule has 1 aliphatic carbocycles. The Hall–Kier alpha value is -0.740. The van der Waals surface area contributed by atoms with E-state index in [1.807, 2.05) is 0 Å². The van der Waals surface area contributed by atoms with Gasteiger partial charge in [-0.3, -0.25) is 0 Å². The van der Waals surface area contributed by atoms with Gasteiger partial charge in [0.2, 0.25) is 0 Å². The minimum atomic E-state index is -4.28. The number of hydrogen-bond acceptors (Lipinski definition) is 1. The lowest BCUT2D eigenvalue weighted by Crippen LogP contribution is -2.39. The molecule has 1 aliphatic rings. The van der Waals surface area contributed by atoms with Crippen LogP contribution in [0.4, 0.5) is 13.2 Å². The van der Waals surface area contributed by atoms with Crippen molar-refractivity contribution in [3.63, 3.8) is 0 Å². The molecule has 0 aromatic heterocycles. The highest BCUT2D eigenvalue weighted by atomic mass is 35.5. The zero-order chi connectivity index (χ0) is 14.6. The van der Waals surface area contributed by atoms with Crippen molar-refractivity contribution in [3.8, 4) is 0 Å². The SMILES string of the molecule is FC(F)(F)c1cccc(CNC2CCCCC2CCl)c1. The highest BCUT2D eigenvalue weighted by Gasteiger charge is 2.30. The molecule has 2 rings (SSSR count). The van der Waals surface area contributed by atoms with Gasteiger partial charge in [-0.15, -0.1) is 11.6 Å². The van der Waals surface area contributed by atoms with Crippen molar-refractivity contribution in [2.45, 2.75) is 44.4 Å². The zero-order valence-corrected chi connectivity index (χ0v) is 12.0. The first-order valence-corrected chi connectivity index (χ1v) is 7.49. The normalized spacial score (nSPS) is 23.8. The van der Waals surface area contributed by atoms with Crippen LogP contribution in [0.3, 0.4) is 0 Å². The van der Waals surface area contributed by atoms with Crippen molar-refractivity contribution in [2.75, 3.05) is 5.88 Å². The summed E-state index contributed by atoms with van der Waals surface area (Å²) in [4.78, 5) is 0. The van der Waals surface area contributed by atoms with Gasteiger partial charge in [-0.2, -0.15) is 13.2 Å². The molecular formula is C15H19ClF3N. The summed E-state index contributed by atoms with van der Waals surface area (Å²) in [6.45, 7) is 0.460. The predicted octanol–water partition coefficient (Wildman–Crippen LogP) is 4.59. The standard InChI is InChI=1S/C15H19ClF3N/c16-9-12-5-1-2-7-14(12)20-10-11-4-3-6-13(8-11)15(17,18)19/h3-4,6,8,12,14,20H,1-2,5,7,9-10H2. The van der Waals surface area contributed by atoms with Crippen LogP contribution in [0.1, 0.15) is 36.8 Å². The van der Waals surface area contributed by atoms with Crippen LogP contribution in [0, 0.1) is 5.92 Å². The van der Waals surface area contributed by atoms with E-state index in [1.165, 1.54) is 18.6 Å². The van der Waals surface area contributed by atoms with E-state index in [0.717, 1.165) is 25.3 Å². The fourth-order valence-corrected chi connectivity index (χ4v) is 3.14. The minimum Gasteiger partial charge on any atom is -0.310 e. The molecule has 1 fully saturated rings. The fourth-order valence-electron chi connectivity index (χ4n) is 2.77. The number of nitrogens with one attached hydrogen (secondary N) is 1. The second kappa shape index (κ2) is 6.81. The van der Waals surface area contributed by atoms with Crippen molar-refractivity contribution >= 4 is 11.6 Å². The third-order valence-corrected chi connectivity index (χ3v) is 4.33. The van der Waals surface area contributed by atoms with Crippen molar-refractivity contribution in [2.24, 2.45) is 5.92 Å². The van der Waals surface area contributed by atoms with E-state index in [9.17, 15) is 13.2 Å². The largest absolute Gasteiger partial charge is 0.416 e. The zero-order valence-electron chi connectivity index (χ0n) is 11.2. The Balaban J connectivity index is 1.96. The van der Waals surface area contributed by atoms with Gasteiger partial charge in [0.15, 0.2) is 0 Å². The maximum atomic E-state index is 12.6. The Morgan fingerprint density at radius 3 is 2.65 bits per heavy atom. The van der Waals surface area contributed by atoms with E-state index in [4.69, 9.17) is 11.6 Å². The van der Waals surface area contributed by atoms with Gasteiger partial charge < -0.3 is 5.32 Å². The van der Waals surface area contributed by atoms with Crippen LogP contribution in [-0.2, 0) is 12.7 Å². The summed E-state index contributed by atoms with van der Waals surface area (Å²) in [5.74, 6) is 1.04. The molecule has 0 saturated heterocycles. The number of rotatable bonds is 4. The molecule has 0 bridgehead atoms. The van der Waals surface area contributed by atoms with Gasteiger partial charge in [0.1, 0.15) is 0 Å². The van der Waals surface area contributed by atoms with Crippen molar-refractivity contribution in [3.05, 3.63) is 35.4 Å². The minimum absolute atomic E-state index is 0.316. The van der Waals surface area contributed by atoms with Crippen LogP contribution in [0.2, 0.25) is 0 Å². The van der Waals surface area contributed by atoms with Gasteiger partial charge in [0.05, 0.1) is 5.56 Å². The van der Waals surface area contributed by atoms with Gasteiger partial charge in [0, 0.05) is 18.5 Å². The average molecular weight is 306 g/mol. The molecule has 20 heavy (non-hydrogen) atoms. The molecule has 0 aliphatic heterocycles. The number of hydrogen-bond donors (Lipinski definition) is 1. The summed E-state index contributed by atoms with van der Waals surface area (Å²) < 4.78 is 37.9. The monoisotopic (exact) mass is 305 g/mol. The topological polar surface area (TPSA) is 12.0 Å². The number of benzene rings is 1. The van der Waals surface area contributed by atoms with Crippen LogP contribution < -0.4 is 5.32 Å². The van der Waals surface area contributed by atoms with E-state index in [1.54, 1.807) is 6.07 Å². The van der Waals surface area contributed by atoms with Gasteiger partial charge >= 0.3 is 6.18 Å². The maximum absolute atomic E-state index is 12.6. The summed E-state index contributed by atoms with van der Waals surface area (Å²) in [6, 6.07) is 5.81. The van der Waals surface area contributed by atoms with E-state index >= 15 is 0 Å². The van der Waals surface area contributed by atoms with Crippen LogP contribution in [0.25, 0.3) is 0 Å². The van der Waals surface area contributed by atoms with E-state index in [0.29, 0.717) is 29.9 Å². The molecule has 0 amide bonds. The summed E-state index contributed by atoms with van der Waals surface area (Å²) in [5.41, 5.74) is 0.0769. The van der Waals surface area contributed by atoms with Crippen molar-refractivity contribution < 1.29 is 13.2 Å². The van der Waals surface area contributed by atoms with Crippen LogP contribution >= 0.6 is 11.6 Å². The molecule has 1 aromatic rings. The highest BCUT2D eigenvalue weighted by molar-refractivity contribution is 6.18. The smallest absolute Gasteiger partial charge is 0.310 e. The molecule has 1 saturated carbocycles. The summed E-state index contributed by atoms with van der Waals surface area (Å²) in [5, 5.41) is 3.37. The van der Waals surface area contributed by atoms with Gasteiger partial charge in [-0.1, -0.05) is 31.0 Å². The molecule has 1 aromatic carbocycles. The molecule has 0 radical (unpaired) electrons. The van der Waals surface area contributed by atoms with Crippen LogP contribution in [0.5, 0.6) is 0 Å². The Morgan fingerprint density at radius 2 is 1.95 bits per heavy atom. The van der Waals surface area contributed by atoms with Gasteiger partial charge in [0.25, 0.3) is 0 Å². The summed E-state index contributed by atoms with van der Waals surface area (Å²) in [7, 11) is 0. The fraction of sp³-hybridized carbons (Fsp3) is 0.600. The maximum Gasteiger partial charge on any atom is 0.416 e. The molecule has 0 heterocycles. The molecular weight excluding hydrogens is 287 g/mol. The third kappa shape index (κ3) is 4.13. The molecule has 112 valence electrons. The Kier molecular flexibility index (Phi) is 5.33. The van der Waals surface area contributed by atoms with E-state index < -0.39 is 11.7 Å². The molecule has 2 unspecified atom stereocenters. The quantitative estimate of drug-likeness (QED) is 0.802. The summed E-state index contributed by atoms with van der Waals surface area (Å²) in [6.07, 6.45) is 0.229. The predicted molar refractivity (Wildman–Crippen MR) is 74.7 cm³/mol. The van der Waals surface area contributed by atoms with Crippen molar-refractivity contribution in [1.82, 2.24) is 5.32 Å². The van der Waals surface area contributed by atoms with E-state index in [2.05, 4.69) is 5.32 Å². The Labute approximate surface area is 122 Å². The Morgan fingerprint density at radius 1 is 1.20 bits per heavy atom. The molecule has 0 spiro atoms. The van der Waals surface area contributed by atoms with Gasteiger partial charge in [-0.25, -0.2) is 0 Å². The van der Waals surface area contributed by atoms with Crippen LogP contribution in [0.15, 0.2) is 24.3 Å². The number of alkyl halides is 4. The summed E-state index contributed by atoms with van der Waals surface area (Å²) >= 11 is 5.95. The van der Waals surface area contributed by atoms with Crippen molar-refractivity contribution in [1.29, 1.82) is 0 Å². The first kappa shape index (κ1) is 15.6. The Bertz CT molecular complexity index is 433. The molecule has 5 heteroatoms. The number of halogens is 4. The molecule has 1 nitrogen and oxygen atoms in total. The average Bonchev–Trinajstić information content (AvgIpc) is 2.45. The van der Waals surface area contributed by atoms with Crippen LogP contribution in [-0.4, -0.2) is 11.9 Å². The van der Waals surface area contributed by atoms with E-state index in [-0.39, 0.29) is 0 Å². The highest BCUT2D eigenvalue weighted by Crippen LogP contribution is 2.30. The first-order chi connectivity index (χ1) is 9.50. The second-order valence-electron chi connectivity index (χ2n) is 5.38. The lowest BCUT2D eigenvalue weighted by Gasteiger charge is -2.31. The first-order valence-electron chi connectivity index (χ1n) is 6.96. The lowest BCUT2D eigenvalue weighted by atomic mass is 9.85. The third-order valence-electron chi connectivity index (χ3n) is 3.93. The van der Waals surface area contributed by atoms with Gasteiger partial charge in [-0.05, 0) is 30.4 Å². The molecule has 1 N–H and O–H groups in total. The lowest BCUT2D eigenvalue weighted by molar-refractivity contribution is -0.137. The second-order valence-corrected chi connectivity index (χ2v) is 5.69.